The normalized spacial score (nSPS) is 11.5. The van der Waals surface area contributed by atoms with E-state index in [1.54, 1.807) is 0 Å². The summed E-state index contributed by atoms with van der Waals surface area (Å²) in [6.45, 7) is 12.4. The lowest BCUT2D eigenvalue weighted by molar-refractivity contribution is -0.136. The second-order valence-corrected chi connectivity index (χ2v) is 7.70. The minimum absolute atomic E-state index is 0.0981. The van der Waals surface area contributed by atoms with Gasteiger partial charge in [-0.3, -0.25) is 0 Å². The third-order valence-corrected chi connectivity index (χ3v) is 4.06. The van der Waals surface area contributed by atoms with Crippen molar-refractivity contribution in [1.82, 2.24) is 0 Å². The molecule has 0 aliphatic carbocycles. The molecule has 0 bridgehead atoms. The van der Waals surface area contributed by atoms with E-state index < -0.39 is 5.97 Å². The van der Waals surface area contributed by atoms with Crippen LogP contribution in [0.5, 0.6) is 11.5 Å². The van der Waals surface area contributed by atoms with Gasteiger partial charge in [-0.1, -0.05) is 65.0 Å². The lowest BCUT2D eigenvalue weighted by Gasteiger charge is -2.22. The van der Waals surface area contributed by atoms with Gasteiger partial charge in [0.25, 0.3) is 0 Å². The van der Waals surface area contributed by atoms with Crippen LogP contribution in [0.1, 0.15) is 57.2 Å². The number of hydrogen-bond donors (Lipinski definition) is 0. The van der Waals surface area contributed by atoms with Crippen LogP contribution >= 0.6 is 0 Å². The number of carbonyl (C=O) groups excluding carboxylic acids is 1. The van der Waals surface area contributed by atoms with Crippen molar-refractivity contribution in [3.63, 3.8) is 0 Å². The van der Waals surface area contributed by atoms with Crippen LogP contribution in [0.25, 0.3) is 0 Å². The molecule has 2 aromatic rings. The Balaban J connectivity index is 2.09. The predicted octanol–water partition coefficient (Wildman–Crippen LogP) is 5.40. The molecule has 0 unspecified atom stereocenters. The van der Waals surface area contributed by atoms with Gasteiger partial charge in [0.1, 0.15) is 11.5 Å². The molecule has 0 fully saturated rings. The van der Waals surface area contributed by atoms with Crippen molar-refractivity contribution in [1.29, 1.82) is 0 Å². The van der Waals surface area contributed by atoms with E-state index >= 15 is 0 Å². The van der Waals surface area contributed by atoms with E-state index in [4.69, 9.17) is 9.47 Å². The molecular formula is C22H28O3. The highest BCUT2D eigenvalue weighted by atomic mass is 16.6. The first-order chi connectivity index (χ1) is 11.7. The number of hydrogen-bond acceptors (Lipinski definition) is 3. The summed E-state index contributed by atoms with van der Waals surface area (Å²) in [6.07, 6.45) is 0. The van der Waals surface area contributed by atoms with Gasteiger partial charge < -0.3 is 9.47 Å². The van der Waals surface area contributed by atoms with Crippen LogP contribution < -0.4 is 9.47 Å². The highest BCUT2D eigenvalue weighted by Gasteiger charge is 2.20. The van der Waals surface area contributed by atoms with Crippen LogP contribution in [0.2, 0.25) is 0 Å². The fourth-order valence-corrected chi connectivity index (χ4v) is 2.71. The molecule has 2 rings (SSSR count). The molecule has 0 saturated heterocycles. The Morgan fingerprint density at radius 3 is 2.36 bits per heavy atom. The predicted molar refractivity (Wildman–Crippen MR) is 102 cm³/mol. The number of ether oxygens (including phenoxy) is 2. The summed E-state index contributed by atoms with van der Waals surface area (Å²) in [6, 6.07) is 13.7. The lowest BCUT2D eigenvalue weighted by Crippen LogP contribution is -2.21. The van der Waals surface area contributed by atoms with Gasteiger partial charge in [-0.25, -0.2) is 4.79 Å². The van der Waals surface area contributed by atoms with Gasteiger partial charge in [-0.2, -0.15) is 0 Å². The van der Waals surface area contributed by atoms with Crippen molar-refractivity contribution in [2.24, 2.45) is 0 Å². The SMILES string of the molecule is Cc1ccc(C(C)C)c(OCC(=O)Oc2ccccc2C(C)(C)C)c1. The van der Waals surface area contributed by atoms with Crippen LogP contribution in [0.15, 0.2) is 42.5 Å². The summed E-state index contributed by atoms with van der Waals surface area (Å²) in [5.74, 6) is 1.27. The van der Waals surface area contributed by atoms with Crippen LogP contribution in [0.4, 0.5) is 0 Å². The van der Waals surface area contributed by atoms with E-state index in [0.29, 0.717) is 11.7 Å². The highest BCUT2D eigenvalue weighted by Crippen LogP contribution is 2.31. The van der Waals surface area contributed by atoms with Gasteiger partial charge in [0, 0.05) is 5.56 Å². The molecular weight excluding hydrogens is 312 g/mol. The largest absolute Gasteiger partial charge is 0.482 e. The molecule has 134 valence electrons. The van der Waals surface area contributed by atoms with Crippen molar-refractivity contribution < 1.29 is 14.3 Å². The number of aryl methyl sites for hydroxylation is 1. The molecule has 2 aromatic carbocycles. The summed E-state index contributed by atoms with van der Waals surface area (Å²) in [5.41, 5.74) is 3.10. The van der Waals surface area contributed by atoms with E-state index in [2.05, 4.69) is 46.8 Å². The Labute approximate surface area is 151 Å². The topological polar surface area (TPSA) is 35.5 Å². The highest BCUT2D eigenvalue weighted by molar-refractivity contribution is 5.74. The van der Waals surface area contributed by atoms with Crippen molar-refractivity contribution >= 4 is 5.97 Å². The number of esters is 1. The van der Waals surface area contributed by atoms with Crippen LogP contribution in [0.3, 0.4) is 0 Å². The first-order valence-corrected chi connectivity index (χ1v) is 8.72. The summed E-state index contributed by atoms with van der Waals surface area (Å²) >= 11 is 0. The number of benzene rings is 2. The molecule has 0 spiro atoms. The molecule has 0 amide bonds. The van der Waals surface area contributed by atoms with Crippen molar-refractivity contribution in [3.05, 3.63) is 59.2 Å². The van der Waals surface area contributed by atoms with Gasteiger partial charge in [0.2, 0.25) is 0 Å². The molecule has 0 atom stereocenters. The zero-order chi connectivity index (χ0) is 18.6. The lowest BCUT2D eigenvalue weighted by atomic mass is 9.86. The molecule has 0 saturated carbocycles. The molecule has 3 heteroatoms. The third-order valence-electron chi connectivity index (χ3n) is 4.06. The number of carbonyl (C=O) groups is 1. The maximum Gasteiger partial charge on any atom is 0.349 e. The molecule has 0 heterocycles. The van der Waals surface area contributed by atoms with Crippen molar-refractivity contribution in [2.45, 2.75) is 52.9 Å². The molecule has 0 aliphatic heterocycles. The quantitative estimate of drug-likeness (QED) is 0.540. The monoisotopic (exact) mass is 340 g/mol. The smallest absolute Gasteiger partial charge is 0.349 e. The first-order valence-electron chi connectivity index (χ1n) is 8.72. The Bertz CT molecular complexity index is 739. The Hall–Kier alpha value is -2.29. The summed E-state index contributed by atoms with van der Waals surface area (Å²) in [5, 5.41) is 0. The van der Waals surface area contributed by atoms with E-state index in [-0.39, 0.29) is 12.0 Å². The molecule has 0 radical (unpaired) electrons. The second-order valence-electron chi connectivity index (χ2n) is 7.70. The molecule has 0 aliphatic rings. The Morgan fingerprint density at radius 2 is 1.72 bits per heavy atom. The maximum absolute atomic E-state index is 12.3. The third kappa shape index (κ3) is 5.09. The van der Waals surface area contributed by atoms with Gasteiger partial charge in [0.05, 0.1) is 0 Å². The van der Waals surface area contributed by atoms with E-state index in [9.17, 15) is 4.79 Å². The summed E-state index contributed by atoms with van der Waals surface area (Å²) < 4.78 is 11.3. The van der Waals surface area contributed by atoms with E-state index in [1.165, 1.54) is 0 Å². The van der Waals surface area contributed by atoms with E-state index in [0.717, 1.165) is 22.4 Å². The average Bonchev–Trinajstić information content (AvgIpc) is 2.52. The zero-order valence-electron chi connectivity index (χ0n) is 16.1. The zero-order valence-corrected chi connectivity index (χ0v) is 16.1. The van der Waals surface area contributed by atoms with Gasteiger partial charge in [0.15, 0.2) is 6.61 Å². The summed E-state index contributed by atoms with van der Waals surface area (Å²) in [4.78, 5) is 12.3. The summed E-state index contributed by atoms with van der Waals surface area (Å²) in [7, 11) is 0. The molecule has 0 N–H and O–H groups in total. The fourth-order valence-electron chi connectivity index (χ4n) is 2.71. The van der Waals surface area contributed by atoms with Gasteiger partial charge >= 0.3 is 5.97 Å². The maximum atomic E-state index is 12.3. The molecule has 3 nitrogen and oxygen atoms in total. The minimum Gasteiger partial charge on any atom is -0.482 e. The van der Waals surface area contributed by atoms with Crippen LogP contribution in [-0.4, -0.2) is 12.6 Å². The fraction of sp³-hybridized carbons (Fsp3) is 0.409. The van der Waals surface area contributed by atoms with Crippen LogP contribution in [0, 0.1) is 6.92 Å². The number of para-hydroxylation sites is 1. The minimum atomic E-state index is -0.395. The van der Waals surface area contributed by atoms with Crippen LogP contribution in [-0.2, 0) is 10.2 Å². The second kappa shape index (κ2) is 7.73. The molecule has 0 aromatic heterocycles. The van der Waals surface area contributed by atoms with Crippen molar-refractivity contribution in [2.75, 3.05) is 6.61 Å². The van der Waals surface area contributed by atoms with E-state index in [1.807, 2.05) is 37.3 Å². The Morgan fingerprint density at radius 1 is 1.04 bits per heavy atom. The first kappa shape index (κ1) is 19.0. The molecule has 25 heavy (non-hydrogen) atoms. The standard InChI is InChI=1S/C22H28O3/c1-15(2)17-12-11-16(3)13-20(17)24-14-21(23)25-19-10-8-7-9-18(19)22(4,5)6/h7-13,15H,14H2,1-6H3. The van der Waals surface area contributed by atoms with Crippen molar-refractivity contribution in [3.8, 4) is 11.5 Å². The van der Waals surface area contributed by atoms with Gasteiger partial charge in [-0.05, 0) is 41.5 Å². The Kier molecular flexibility index (Phi) is 5.89. The van der Waals surface area contributed by atoms with Gasteiger partial charge in [-0.15, -0.1) is 0 Å². The average molecular weight is 340 g/mol. The number of rotatable bonds is 5.